The molecule has 0 bridgehead atoms. The molecule has 0 aliphatic heterocycles. The average molecular weight is 237 g/mol. The second kappa shape index (κ2) is 6.22. The van der Waals surface area contributed by atoms with E-state index in [4.69, 9.17) is 4.42 Å². The Morgan fingerprint density at radius 3 is 2.82 bits per heavy atom. The van der Waals surface area contributed by atoms with Gasteiger partial charge >= 0.3 is 0 Å². The summed E-state index contributed by atoms with van der Waals surface area (Å²) in [6.45, 7) is 2.80. The second-order valence-electron chi connectivity index (χ2n) is 5.13. The summed E-state index contributed by atoms with van der Waals surface area (Å²) in [5.41, 5.74) is 0. The Kier molecular flexibility index (Phi) is 4.63. The molecule has 0 aromatic carbocycles. The molecule has 1 aromatic heterocycles. The standard InChI is InChI=1S/C14H23NO2/c1-11(12-6-3-2-4-7-12)15-10-13(16)14-8-5-9-17-14/h5,8-9,11-13,15-16H,2-4,6-7,10H2,1H3/t11-,13?/m0/s1. The third kappa shape index (κ3) is 3.58. The minimum absolute atomic E-state index is 0.486. The lowest BCUT2D eigenvalue weighted by molar-refractivity contribution is 0.137. The van der Waals surface area contributed by atoms with Gasteiger partial charge in [0.05, 0.1) is 6.26 Å². The molecule has 1 heterocycles. The molecule has 0 spiro atoms. The molecule has 2 N–H and O–H groups in total. The van der Waals surface area contributed by atoms with Crippen LogP contribution in [0.3, 0.4) is 0 Å². The van der Waals surface area contributed by atoms with E-state index in [2.05, 4.69) is 12.2 Å². The molecule has 2 rings (SSSR count). The molecular formula is C14H23NO2. The van der Waals surface area contributed by atoms with E-state index < -0.39 is 6.10 Å². The summed E-state index contributed by atoms with van der Waals surface area (Å²) in [6, 6.07) is 4.11. The second-order valence-corrected chi connectivity index (χ2v) is 5.13. The summed E-state index contributed by atoms with van der Waals surface area (Å²) >= 11 is 0. The van der Waals surface area contributed by atoms with Crippen molar-refractivity contribution in [2.24, 2.45) is 5.92 Å². The van der Waals surface area contributed by atoms with Gasteiger partial charge < -0.3 is 14.8 Å². The third-order valence-electron chi connectivity index (χ3n) is 3.86. The number of aliphatic hydroxyl groups excluding tert-OH is 1. The van der Waals surface area contributed by atoms with Crippen molar-refractivity contribution >= 4 is 0 Å². The van der Waals surface area contributed by atoms with Gasteiger partial charge in [-0.15, -0.1) is 0 Å². The van der Waals surface area contributed by atoms with Crippen molar-refractivity contribution in [1.29, 1.82) is 0 Å². The fraction of sp³-hybridized carbons (Fsp3) is 0.714. The molecule has 3 heteroatoms. The van der Waals surface area contributed by atoms with Crippen molar-refractivity contribution in [1.82, 2.24) is 5.32 Å². The van der Waals surface area contributed by atoms with E-state index in [1.54, 1.807) is 6.26 Å². The highest BCUT2D eigenvalue weighted by atomic mass is 16.4. The van der Waals surface area contributed by atoms with E-state index >= 15 is 0 Å². The summed E-state index contributed by atoms with van der Waals surface area (Å²) < 4.78 is 5.18. The van der Waals surface area contributed by atoms with E-state index in [1.165, 1.54) is 32.1 Å². The fourth-order valence-corrected chi connectivity index (χ4v) is 2.68. The maximum Gasteiger partial charge on any atom is 0.133 e. The van der Waals surface area contributed by atoms with Crippen LogP contribution in [0.5, 0.6) is 0 Å². The van der Waals surface area contributed by atoms with Gasteiger partial charge in [-0.05, 0) is 37.8 Å². The molecular weight excluding hydrogens is 214 g/mol. The molecule has 0 saturated heterocycles. The summed E-state index contributed by atoms with van der Waals surface area (Å²) in [6.07, 6.45) is 7.82. The Hall–Kier alpha value is -0.800. The van der Waals surface area contributed by atoms with Crippen LogP contribution in [0.25, 0.3) is 0 Å². The summed E-state index contributed by atoms with van der Waals surface area (Å²) in [5.74, 6) is 1.42. The topological polar surface area (TPSA) is 45.4 Å². The van der Waals surface area contributed by atoms with Gasteiger partial charge in [-0.1, -0.05) is 19.3 Å². The predicted octanol–water partition coefficient (Wildman–Crippen LogP) is 2.87. The van der Waals surface area contributed by atoms with Gasteiger partial charge in [0.2, 0.25) is 0 Å². The van der Waals surface area contributed by atoms with Crippen LogP contribution >= 0.6 is 0 Å². The average Bonchev–Trinajstić information content (AvgIpc) is 2.90. The van der Waals surface area contributed by atoms with Crippen LogP contribution in [-0.2, 0) is 0 Å². The Bertz CT molecular complexity index is 304. The van der Waals surface area contributed by atoms with Crippen LogP contribution in [0.15, 0.2) is 22.8 Å². The smallest absolute Gasteiger partial charge is 0.133 e. The highest BCUT2D eigenvalue weighted by Gasteiger charge is 2.20. The van der Waals surface area contributed by atoms with Gasteiger partial charge in [0.1, 0.15) is 11.9 Å². The minimum Gasteiger partial charge on any atom is -0.467 e. The molecule has 1 saturated carbocycles. The number of rotatable bonds is 5. The molecule has 1 fully saturated rings. The third-order valence-corrected chi connectivity index (χ3v) is 3.86. The number of aliphatic hydroxyl groups is 1. The van der Waals surface area contributed by atoms with E-state index in [9.17, 15) is 5.11 Å². The predicted molar refractivity (Wildman–Crippen MR) is 67.7 cm³/mol. The maximum atomic E-state index is 9.90. The Morgan fingerprint density at radius 2 is 2.18 bits per heavy atom. The normalized spacial score (nSPS) is 21.3. The highest BCUT2D eigenvalue weighted by Crippen LogP contribution is 2.26. The number of nitrogens with one attached hydrogen (secondary N) is 1. The van der Waals surface area contributed by atoms with Gasteiger partial charge in [0.15, 0.2) is 0 Å². The van der Waals surface area contributed by atoms with Crippen molar-refractivity contribution < 1.29 is 9.52 Å². The van der Waals surface area contributed by atoms with E-state index in [0.29, 0.717) is 18.3 Å². The largest absolute Gasteiger partial charge is 0.467 e. The number of furan rings is 1. The van der Waals surface area contributed by atoms with E-state index in [1.807, 2.05) is 12.1 Å². The van der Waals surface area contributed by atoms with Crippen LogP contribution < -0.4 is 5.32 Å². The number of hydrogen-bond acceptors (Lipinski definition) is 3. The Morgan fingerprint density at radius 1 is 1.41 bits per heavy atom. The fourth-order valence-electron chi connectivity index (χ4n) is 2.68. The zero-order chi connectivity index (χ0) is 12.1. The van der Waals surface area contributed by atoms with Gasteiger partial charge in [-0.2, -0.15) is 0 Å². The first-order valence-corrected chi connectivity index (χ1v) is 6.72. The molecule has 1 unspecified atom stereocenters. The Balaban J connectivity index is 1.73. The monoisotopic (exact) mass is 237 g/mol. The zero-order valence-corrected chi connectivity index (χ0v) is 10.6. The van der Waals surface area contributed by atoms with Gasteiger partial charge in [-0.25, -0.2) is 0 Å². The lowest BCUT2D eigenvalue weighted by Crippen LogP contribution is -2.37. The molecule has 1 aromatic rings. The van der Waals surface area contributed by atoms with Crippen LogP contribution in [0.1, 0.15) is 50.9 Å². The minimum atomic E-state index is -0.531. The van der Waals surface area contributed by atoms with E-state index in [0.717, 1.165) is 5.92 Å². The quantitative estimate of drug-likeness (QED) is 0.827. The summed E-state index contributed by atoms with van der Waals surface area (Å²) in [7, 11) is 0. The molecule has 0 radical (unpaired) electrons. The van der Waals surface area contributed by atoms with Crippen LogP contribution in [0.4, 0.5) is 0 Å². The molecule has 96 valence electrons. The van der Waals surface area contributed by atoms with Crippen molar-refractivity contribution in [3.8, 4) is 0 Å². The molecule has 1 aliphatic carbocycles. The van der Waals surface area contributed by atoms with Crippen molar-refractivity contribution in [2.75, 3.05) is 6.54 Å². The lowest BCUT2D eigenvalue weighted by Gasteiger charge is -2.28. The van der Waals surface area contributed by atoms with Gasteiger partial charge in [-0.3, -0.25) is 0 Å². The maximum absolute atomic E-state index is 9.90. The Labute approximate surface area is 103 Å². The molecule has 1 aliphatic rings. The zero-order valence-electron chi connectivity index (χ0n) is 10.6. The van der Waals surface area contributed by atoms with Crippen molar-refractivity contribution in [3.63, 3.8) is 0 Å². The van der Waals surface area contributed by atoms with E-state index in [-0.39, 0.29) is 0 Å². The van der Waals surface area contributed by atoms with Crippen molar-refractivity contribution in [2.45, 2.75) is 51.2 Å². The number of hydrogen-bond donors (Lipinski definition) is 2. The first-order chi connectivity index (χ1) is 8.27. The molecule has 3 nitrogen and oxygen atoms in total. The SMILES string of the molecule is C[C@H](NCC(O)c1ccco1)C1CCCCC1. The molecule has 0 amide bonds. The highest BCUT2D eigenvalue weighted by molar-refractivity contribution is 5.02. The lowest BCUT2D eigenvalue weighted by atomic mass is 9.84. The van der Waals surface area contributed by atoms with Crippen molar-refractivity contribution in [3.05, 3.63) is 24.2 Å². The van der Waals surface area contributed by atoms with Gasteiger partial charge in [0, 0.05) is 12.6 Å². The first kappa shape index (κ1) is 12.7. The van der Waals surface area contributed by atoms with Gasteiger partial charge in [0.25, 0.3) is 0 Å². The summed E-state index contributed by atoms with van der Waals surface area (Å²) in [4.78, 5) is 0. The summed E-state index contributed by atoms with van der Waals surface area (Å²) in [5, 5.41) is 13.3. The molecule has 17 heavy (non-hydrogen) atoms. The molecule has 2 atom stereocenters. The van der Waals surface area contributed by atoms with Crippen LogP contribution in [-0.4, -0.2) is 17.7 Å². The first-order valence-electron chi connectivity index (χ1n) is 6.72. The van der Waals surface area contributed by atoms with Crippen LogP contribution in [0.2, 0.25) is 0 Å². The van der Waals surface area contributed by atoms with Crippen LogP contribution in [0, 0.1) is 5.92 Å².